The Bertz CT molecular complexity index is 784. The van der Waals surface area contributed by atoms with Crippen molar-refractivity contribution in [2.75, 3.05) is 33.1 Å². The number of hydrogen-bond acceptors (Lipinski definition) is 5. The molecule has 1 aliphatic rings. The molecule has 1 aliphatic heterocycles. The molecule has 2 atom stereocenters. The second-order valence-electron chi connectivity index (χ2n) is 8.08. The first-order valence-electron chi connectivity index (χ1n) is 8.93. The van der Waals surface area contributed by atoms with Crippen LogP contribution in [0.2, 0.25) is 0 Å². The molecule has 152 valence electrons. The zero-order chi connectivity index (χ0) is 20.4. The summed E-state index contributed by atoms with van der Waals surface area (Å²) in [5, 5.41) is 9.34. The third kappa shape index (κ3) is 5.59. The molecule has 1 saturated heterocycles. The van der Waals surface area contributed by atoms with Crippen molar-refractivity contribution in [3.63, 3.8) is 0 Å². The monoisotopic (exact) mass is 399 g/mol. The normalized spacial score (nSPS) is 21.1. The minimum absolute atomic E-state index is 0.00230. The zero-order valence-corrected chi connectivity index (χ0v) is 17.4. The van der Waals surface area contributed by atoms with Gasteiger partial charge in [-0.25, -0.2) is 4.79 Å². The average Bonchev–Trinajstić information content (AvgIpc) is 2.57. The van der Waals surface area contributed by atoms with Crippen molar-refractivity contribution >= 4 is 16.2 Å². The summed E-state index contributed by atoms with van der Waals surface area (Å²) >= 11 is 0. The van der Waals surface area contributed by atoms with E-state index >= 15 is 0 Å². The maximum atomic E-state index is 11.5. The fourth-order valence-electron chi connectivity index (χ4n) is 3.63. The number of ether oxygens (including phenoxy) is 1. The molecule has 1 aromatic rings. The molecule has 0 aliphatic carbocycles. The molecular weight excluding hydrogens is 370 g/mol. The van der Waals surface area contributed by atoms with Crippen molar-refractivity contribution in [1.29, 1.82) is 0 Å². The van der Waals surface area contributed by atoms with Gasteiger partial charge in [0.05, 0.1) is 20.0 Å². The van der Waals surface area contributed by atoms with Crippen LogP contribution in [-0.4, -0.2) is 57.6 Å². The van der Waals surface area contributed by atoms with Gasteiger partial charge in [-0.3, -0.25) is 4.18 Å². The van der Waals surface area contributed by atoms with Crippen LogP contribution in [0.1, 0.15) is 44.2 Å². The van der Waals surface area contributed by atoms with Gasteiger partial charge in [0.2, 0.25) is 0 Å². The number of benzene rings is 1. The van der Waals surface area contributed by atoms with Crippen molar-refractivity contribution in [3.05, 3.63) is 29.3 Å². The lowest BCUT2D eigenvalue weighted by molar-refractivity contribution is 0.0951. The number of methoxy groups -OCH3 is 1. The van der Waals surface area contributed by atoms with Crippen molar-refractivity contribution in [2.45, 2.75) is 38.5 Å². The zero-order valence-electron chi connectivity index (χ0n) is 16.6. The van der Waals surface area contributed by atoms with E-state index in [0.29, 0.717) is 13.0 Å². The van der Waals surface area contributed by atoms with Gasteiger partial charge in [0.25, 0.3) is 10.1 Å². The molecule has 1 fully saturated rings. The Hall–Kier alpha value is -1.80. The van der Waals surface area contributed by atoms with Crippen LogP contribution in [-0.2, 0) is 19.7 Å². The predicted molar refractivity (Wildman–Crippen MR) is 103 cm³/mol. The number of carboxylic acid groups (broad SMARTS) is 1. The summed E-state index contributed by atoms with van der Waals surface area (Å²) in [5.41, 5.74) is 2.06. The molecule has 1 aromatic carbocycles. The number of piperidine rings is 1. The van der Waals surface area contributed by atoms with Crippen LogP contribution < -0.4 is 4.74 Å². The van der Waals surface area contributed by atoms with Crippen LogP contribution in [0.4, 0.5) is 4.79 Å². The molecule has 1 N–H and O–H groups in total. The summed E-state index contributed by atoms with van der Waals surface area (Å²) in [6, 6.07) is 5.91. The highest BCUT2D eigenvalue weighted by molar-refractivity contribution is 7.85. The van der Waals surface area contributed by atoms with Crippen LogP contribution in [0.15, 0.2) is 18.2 Å². The van der Waals surface area contributed by atoms with E-state index in [-0.39, 0.29) is 30.4 Å². The van der Waals surface area contributed by atoms with Gasteiger partial charge < -0.3 is 14.7 Å². The van der Waals surface area contributed by atoms with E-state index in [1.807, 2.05) is 18.2 Å². The highest BCUT2D eigenvalue weighted by Gasteiger charge is 2.36. The molecule has 8 heteroatoms. The number of hydrogen-bond donors (Lipinski definition) is 1. The third-order valence-corrected chi connectivity index (χ3v) is 5.53. The van der Waals surface area contributed by atoms with Gasteiger partial charge in [0.1, 0.15) is 5.75 Å². The summed E-state index contributed by atoms with van der Waals surface area (Å²) in [4.78, 5) is 12.7. The van der Waals surface area contributed by atoms with E-state index in [1.165, 1.54) is 4.90 Å². The minimum Gasteiger partial charge on any atom is -0.497 e. The topological polar surface area (TPSA) is 93.1 Å². The van der Waals surface area contributed by atoms with Crippen LogP contribution in [0.3, 0.4) is 0 Å². The Balaban J connectivity index is 2.42. The van der Waals surface area contributed by atoms with Crippen molar-refractivity contribution in [1.82, 2.24) is 4.90 Å². The Morgan fingerprint density at radius 3 is 2.52 bits per heavy atom. The van der Waals surface area contributed by atoms with E-state index < -0.39 is 16.2 Å². The average molecular weight is 400 g/mol. The molecule has 0 bridgehead atoms. The van der Waals surface area contributed by atoms with Crippen LogP contribution in [0.5, 0.6) is 5.75 Å². The van der Waals surface area contributed by atoms with E-state index in [2.05, 4.69) is 20.8 Å². The van der Waals surface area contributed by atoms with Crippen molar-refractivity contribution < 1.29 is 27.2 Å². The quantitative estimate of drug-likeness (QED) is 0.765. The van der Waals surface area contributed by atoms with Gasteiger partial charge in [-0.1, -0.05) is 26.8 Å². The molecular formula is C19H29NO6S. The van der Waals surface area contributed by atoms with Crippen LogP contribution in [0.25, 0.3) is 0 Å². The number of rotatable bonds is 5. The highest BCUT2D eigenvalue weighted by Crippen LogP contribution is 2.40. The number of carbonyl (C=O) groups is 1. The summed E-state index contributed by atoms with van der Waals surface area (Å²) < 4.78 is 33.4. The van der Waals surface area contributed by atoms with E-state index in [1.54, 1.807) is 7.11 Å². The van der Waals surface area contributed by atoms with Gasteiger partial charge in [0.15, 0.2) is 0 Å². The second-order valence-corrected chi connectivity index (χ2v) is 9.72. The largest absolute Gasteiger partial charge is 0.497 e. The molecule has 0 spiro atoms. The fourth-order valence-corrected chi connectivity index (χ4v) is 4.05. The fraction of sp³-hybridized carbons (Fsp3) is 0.632. The lowest BCUT2D eigenvalue weighted by Crippen LogP contribution is -2.44. The summed E-state index contributed by atoms with van der Waals surface area (Å²) in [5.74, 6) is 0.511. The molecule has 27 heavy (non-hydrogen) atoms. The van der Waals surface area contributed by atoms with E-state index in [4.69, 9.17) is 8.92 Å². The Morgan fingerprint density at radius 2 is 2.00 bits per heavy atom. The molecule has 1 heterocycles. The maximum Gasteiger partial charge on any atom is 0.407 e. The highest BCUT2D eigenvalue weighted by atomic mass is 32.2. The predicted octanol–water partition coefficient (Wildman–Crippen LogP) is 3.05. The maximum absolute atomic E-state index is 11.5. The van der Waals surface area contributed by atoms with Gasteiger partial charge in [-0.2, -0.15) is 8.42 Å². The Morgan fingerprint density at radius 1 is 1.33 bits per heavy atom. The van der Waals surface area contributed by atoms with Crippen molar-refractivity contribution in [2.24, 2.45) is 5.92 Å². The molecule has 2 unspecified atom stereocenters. The van der Waals surface area contributed by atoms with Gasteiger partial charge >= 0.3 is 6.09 Å². The molecule has 7 nitrogen and oxygen atoms in total. The first-order valence-corrected chi connectivity index (χ1v) is 10.7. The lowest BCUT2D eigenvalue weighted by Gasteiger charge is -2.39. The summed E-state index contributed by atoms with van der Waals surface area (Å²) in [7, 11) is -1.98. The summed E-state index contributed by atoms with van der Waals surface area (Å²) in [6.45, 7) is 6.94. The molecule has 0 radical (unpaired) electrons. The van der Waals surface area contributed by atoms with Crippen molar-refractivity contribution in [3.8, 4) is 5.75 Å². The van der Waals surface area contributed by atoms with E-state index in [0.717, 1.165) is 23.1 Å². The molecule has 2 rings (SSSR count). The van der Waals surface area contributed by atoms with E-state index in [9.17, 15) is 18.3 Å². The second kappa shape index (κ2) is 8.06. The Kier molecular flexibility index (Phi) is 6.42. The standard InChI is InChI=1S/C19H29NO6S/c1-19(2,3)17-10-14(25-4)6-7-16(17)15-8-9-20(18(21)22)11-13(15)12-26-27(5,23)24/h6-7,10,13,15H,8-9,11-12H2,1-5H3,(H,21,22). The van der Waals surface area contributed by atoms with Gasteiger partial charge in [0, 0.05) is 19.0 Å². The number of likely N-dealkylation sites (tertiary alicyclic amines) is 1. The molecule has 1 amide bonds. The number of amides is 1. The molecule has 0 aromatic heterocycles. The van der Waals surface area contributed by atoms with Crippen LogP contribution >= 0.6 is 0 Å². The molecule has 0 saturated carbocycles. The Labute approximate surface area is 161 Å². The first-order chi connectivity index (χ1) is 12.4. The minimum atomic E-state index is -3.60. The van der Waals surface area contributed by atoms with Gasteiger partial charge in [-0.05, 0) is 41.0 Å². The third-order valence-electron chi connectivity index (χ3n) is 4.97. The number of nitrogens with zero attached hydrogens (tertiary/aromatic N) is 1. The SMILES string of the molecule is COc1ccc(C2CCN(C(=O)O)CC2COS(C)(=O)=O)c(C(C)(C)C)c1. The first kappa shape index (κ1) is 21.5. The lowest BCUT2D eigenvalue weighted by atomic mass is 9.74. The van der Waals surface area contributed by atoms with Crippen LogP contribution in [0, 0.1) is 5.92 Å². The van der Waals surface area contributed by atoms with Gasteiger partial charge in [-0.15, -0.1) is 0 Å². The summed E-state index contributed by atoms with van der Waals surface area (Å²) in [6.07, 6.45) is 0.622. The smallest absolute Gasteiger partial charge is 0.407 e.